The van der Waals surface area contributed by atoms with Gasteiger partial charge in [0.25, 0.3) is 0 Å². The van der Waals surface area contributed by atoms with E-state index in [1.54, 1.807) is 6.07 Å². The zero-order chi connectivity index (χ0) is 23.4. The van der Waals surface area contributed by atoms with Crippen molar-refractivity contribution < 1.29 is 19.0 Å². The minimum atomic E-state index is -0.684. The summed E-state index contributed by atoms with van der Waals surface area (Å²) >= 11 is 1.53. The minimum absolute atomic E-state index is 0.193. The summed E-state index contributed by atoms with van der Waals surface area (Å²) < 4.78 is 25.6. The zero-order valence-corrected chi connectivity index (χ0v) is 19.9. The Bertz CT molecular complexity index is 1080. The van der Waals surface area contributed by atoms with Crippen molar-refractivity contribution in [3.63, 3.8) is 0 Å². The van der Waals surface area contributed by atoms with E-state index in [4.69, 9.17) is 9.47 Å². The number of ether oxygens (including phenoxy) is 2. The summed E-state index contributed by atoms with van der Waals surface area (Å²) in [7, 11) is 5.51. The third-order valence-electron chi connectivity index (χ3n) is 5.58. The van der Waals surface area contributed by atoms with Gasteiger partial charge in [-0.15, -0.1) is 11.8 Å². The lowest BCUT2D eigenvalue weighted by molar-refractivity contribution is 0.177. The smallest absolute Gasteiger partial charge is 0.165 e. The first-order valence-corrected chi connectivity index (χ1v) is 11.8. The van der Waals surface area contributed by atoms with Crippen LogP contribution in [0.2, 0.25) is 0 Å². The molecular weight excluding hydrogens is 439 g/mol. The van der Waals surface area contributed by atoms with Gasteiger partial charge in [-0.25, -0.2) is 4.39 Å². The second-order valence-electron chi connectivity index (χ2n) is 8.29. The number of aliphatic hydroxyl groups excluding tert-OH is 1. The summed E-state index contributed by atoms with van der Waals surface area (Å²) in [5, 5.41) is 10.8. The van der Waals surface area contributed by atoms with Crippen molar-refractivity contribution in [3.8, 4) is 17.2 Å². The molecule has 3 aromatic carbocycles. The van der Waals surface area contributed by atoms with E-state index in [9.17, 15) is 9.50 Å². The molecule has 174 valence electrons. The lowest BCUT2D eigenvalue weighted by atomic mass is 10.1. The first-order valence-electron chi connectivity index (χ1n) is 10.9. The highest BCUT2D eigenvalue weighted by atomic mass is 32.2. The number of hydrogen-bond donors (Lipinski definition) is 1. The van der Waals surface area contributed by atoms with Crippen molar-refractivity contribution in [1.82, 2.24) is 4.90 Å². The van der Waals surface area contributed by atoms with Gasteiger partial charge in [-0.3, -0.25) is 0 Å². The van der Waals surface area contributed by atoms with E-state index in [1.165, 1.54) is 24.9 Å². The van der Waals surface area contributed by atoms with Crippen molar-refractivity contribution in [1.29, 1.82) is 0 Å². The molecule has 0 aliphatic carbocycles. The number of para-hydroxylation sites is 1. The lowest BCUT2D eigenvalue weighted by Gasteiger charge is -2.28. The van der Waals surface area contributed by atoms with Crippen LogP contribution >= 0.6 is 11.8 Å². The molecule has 33 heavy (non-hydrogen) atoms. The van der Waals surface area contributed by atoms with E-state index in [1.807, 2.05) is 68.7 Å². The number of anilines is 1. The molecule has 1 heterocycles. The fourth-order valence-electron chi connectivity index (χ4n) is 3.86. The largest absolute Gasteiger partial charge is 0.494 e. The molecule has 0 saturated heterocycles. The van der Waals surface area contributed by atoms with Gasteiger partial charge in [0, 0.05) is 24.5 Å². The first kappa shape index (κ1) is 23.4. The number of halogens is 1. The van der Waals surface area contributed by atoms with Gasteiger partial charge in [0.2, 0.25) is 0 Å². The molecule has 0 aromatic heterocycles. The molecule has 2 atom stereocenters. The highest BCUT2D eigenvalue weighted by Gasteiger charge is 2.31. The van der Waals surface area contributed by atoms with Crippen LogP contribution in [0.25, 0.3) is 0 Å². The van der Waals surface area contributed by atoms with E-state index >= 15 is 0 Å². The van der Waals surface area contributed by atoms with E-state index in [-0.39, 0.29) is 11.0 Å². The Balaban J connectivity index is 1.69. The molecule has 1 aliphatic heterocycles. The molecule has 0 bridgehead atoms. The van der Waals surface area contributed by atoms with Crippen molar-refractivity contribution in [2.24, 2.45) is 0 Å². The maximum atomic E-state index is 14.5. The van der Waals surface area contributed by atoms with Gasteiger partial charge < -0.3 is 24.4 Å². The van der Waals surface area contributed by atoms with Crippen LogP contribution in [-0.4, -0.2) is 56.9 Å². The van der Waals surface area contributed by atoms with Gasteiger partial charge in [0.1, 0.15) is 11.5 Å². The highest BCUT2D eigenvalue weighted by Crippen LogP contribution is 2.47. The molecule has 0 saturated carbocycles. The van der Waals surface area contributed by atoms with Gasteiger partial charge >= 0.3 is 0 Å². The Kier molecular flexibility index (Phi) is 7.42. The molecule has 5 nitrogen and oxygen atoms in total. The van der Waals surface area contributed by atoms with Crippen molar-refractivity contribution in [2.75, 3.05) is 45.7 Å². The second kappa shape index (κ2) is 10.5. The van der Waals surface area contributed by atoms with Gasteiger partial charge in [-0.2, -0.15) is 0 Å². The van der Waals surface area contributed by atoms with Crippen LogP contribution in [-0.2, 0) is 0 Å². The lowest BCUT2D eigenvalue weighted by Crippen LogP contribution is -2.38. The highest BCUT2D eigenvalue weighted by molar-refractivity contribution is 7.99. The summed E-state index contributed by atoms with van der Waals surface area (Å²) in [6.45, 7) is 2.06. The number of methoxy groups -OCH3 is 1. The monoisotopic (exact) mass is 468 g/mol. The summed E-state index contributed by atoms with van der Waals surface area (Å²) in [5.74, 6) is 1.24. The van der Waals surface area contributed by atoms with Gasteiger partial charge in [0.15, 0.2) is 11.6 Å². The summed E-state index contributed by atoms with van der Waals surface area (Å²) in [6, 6.07) is 20.5. The maximum absolute atomic E-state index is 14.5. The molecule has 0 unspecified atom stereocenters. The summed E-state index contributed by atoms with van der Waals surface area (Å²) in [4.78, 5) is 5.30. The average molecular weight is 469 g/mol. The second-order valence-corrected chi connectivity index (χ2v) is 9.48. The van der Waals surface area contributed by atoms with Gasteiger partial charge in [0.05, 0.1) is 24.2 Å². The number of rotatable bonds is 7. The number of fused-ring (bicyclic) bond motifs is 1. The predicted octanol–water partition coefficient (Wildman–Crippen LogP) is 5.20. The molecule has 4 rings (SSSR count). The Hall–Kier alpha value is -2.74. The summed E-state index contributed by atoms with van der Waals surface area (Å²) in [5.41, 5.74) is 1.76. The zero-order valence-electron chi connectivity index (χ0n) is 19.1. The number of hydrogen-bond acceptors (Lipinski definition) is 6. The molecular formula is C26H29FN2O3S. The third kappa shape index (κ3) is 5.61. The quantitative estimate of drug-likeness (QED) is 0.514. The minimum Gasteiger partial charge on any atom is -0.494 e. The van der Waals surface area contributed by atoms with Crippen LogP contribution in [0.5, 0.6) is 17.2 Å². The van der Waals surface area contributed by atoms with Crippen LogP contribution in [0, 0.1) is 5.82 Å². The Morgan fingerprint density at radius 1 is 1.06 bits per heavy atom. The molecule has 1 N–H and O–H groups in total. The molecule has 3 aromatic rings. The van der Waals surface area contributed by atoms with E-state index in [2.05, 4.69) is 9.80 Å². The molecule has 7 heteroatoms. The maximum Gasteiger partial charge on any atom is 0.165 e. The number of thioether (sulfide) groups is 1. The van der Waals surface area contributed by atoms with E-state index in [0.717, 1.165) is 40.7 Å². The molecule has 0 fully saturated rings. The number of β-amino-alcohol motifs (C(OH)–C–C–N with tert-alkyl or cyclic N) is 1. The Labute approximate surface area is 198 Å². The fourth-order valence-corrected chi connectivity index (χ4v) is 5.16. The summed E-state index contributed by atoms with van der Waals surface area (Å²) in [6.07, 6.45) is -0.684. The SMILES string of the molecule is COc1ccc([C@@H]2Sc3cc(Oc4ccccc4)ccc3N(CCN(C)C)C[C@@H]2O)cc1F. The van der Waals surface area contributed by atoms with Crippen LogP contribution in [0.1, 0.15) is 10.8 Å². The Morgan fingerprint density at radius 3 is 2.55 bits per heavy atom. The van der Waals surface area contributed by atoms with Crippen molar-refractivity contribution in [2.45, 2.75) is 16.2 Å². The van der Waals surface area contributed by atoms with Crippen LogP contribution in [0.3, 0.4) is 0 Å². The first-order chi connectivity index (χ1) is 15.9. The fraction of sp³-hybridized carbons (Fsp3) is 0.308. The van der Waals surface area contributed by atoms with Gasteiger partial charge in [-0.1, -0.05) is 24.3 Å². The van der Waals surface area contributed by atoms with Crippen LogP contribution < -0.4 is 14.4 Å². The van der Waals surface area contributed by atoms with Crippen molar-refractivity contribution in [3.05, 3.63) is 78.1 Å². The average Bonchev–Trinajstić information content (AvgIpc) is 2.94. The molecule has 0 spiro atoms. The van der Waals surface area contributed by atoms with Crippen LogP contribution in [0.15, 0.2) is 71.6 Å². The number of likely N-dealkylation sites (N-methyl/N-ethyl adjacent to an activating group) is 1. The Morgan fingerprint density at radius 2 is 1.85 bits per heavy atom. The van der Waals surface area contributed by atoms with Gasteiger partial charge in [-0.05, 0) is 62.1 Å². The molecule has 0 amide bonds. The predicted molar refractivity (Wildman–Crippen MR) is 131 cm³/mol. The topological polar surface area (TPSA) is 45.2 Å². The number of nitrogens with zero attached hydrogens (tertiary/aromatic N) is 2. The normalized spacial score (nSPS) is 18.1. The standard InChI is InChI=1S/C26H29FN2O3S/c1-28(2)13-14-29-17-23(30)26(18-9-12-24(31-3)21(27)15-18)33-25-16-20(10-11-22(25)29)32-19-7-5-4-6-8-19/h4-12,15-16,23,26,30H,13-14,17H2,1-3H3/t23-,26-/m0/s1. The number of aliphatic hydroxyl groups is 1. The van der Waals surface area contributed by atoms with E-state index in [0.29, 0.717) is 6.54 Å². The van der Waals surface area contributed by atoms with Crippen molar-refractivity contribution >= 4 is 17.4 Å². The van der Waals surface area contributed by atoms with E-state index < -0.39 is 11.9 Å². The molecule has 1 aliphatic rings. The number of benzene rings is 3. The molecule has 0 radical (unpaired) electrons. The third-order valence-corrected chi connectivity index (χ3v) is 7.00. The van der Waals surface area contributed by atoms with Crippen LogP contribution in [0.4, 0.5) is 10.1 Å².